The fraction of sp³-hybridized carbons (Fsp3) is 0.857. The third-order valence-electron chi connectivity index (χ3n) is 4.54. The summed E-state index contributed by atoms with van der Waals surface area (Å²) in [5.74, 6) is -0.362. The van der Waals surface area contributed by atoms with E-state index in [1.807, 2.05) is 18.7 Å². The molecule has 6 heteroatoms. The summed E-state index contributed by atoms with van der Waals surface area (Å²) in [6.45, 7) is 8.77. The highest BCUT2D eigenvalue weighted by atomic mass is 16.2. The van der Waals surface area contributed by atoms with E-state index >= 15 is 0 Å². The Labute approximate surface area is 120 Å². The van der Waals surface area contributed by atoms with Crippen LogP contribution in [0.3, 0.4) is 0 Å². The molecule has 2 heterocycles. The fourth-order valence-corrected chi connectivity index (χ4v) is 3.14. The van der Waals surface area contributed by atoms with Crippen LogP contribution in [-0.4, -0.2) is 66.4 Å². The number of nitrogens with one attached hydrogen (secondary N) is 1. The van der Waals surface area contributed by atoms with Crippen molar-refractivity contribution in [2.24, 2.45) is 11.7 Å². The van der Waals surface area contributed by atoms with Crippen molar-refractivity contribution in [3.8, 4) is 0 Å². The average Bonchev–Trinajstić information content (AvgIpc) is 2.47. The van der Waals surface area contributed by atoms with Crippen molar-refractivity contribution in [2.75, 3.05) is 39.3 Å². The molecule has 2 aliphatic heterocycles. The number of hydrogen-bond donors (Lipinski definition) is 2. The highest BCUT2D eigenvalue weighted by Gasteiger charge is 2.40. The van der Waals surface area contributed by atoms with Gasteiger partial charge in [0.15, 0.2) is 0 Å². The number of likely N-dealkylation sites (tertiary alicyclic amines) is 1. The Hall–Kier alpha value is -1.14. The van der Waals surface area contributed by atoms with Gasteiger partial charge in [0.05, 0.1) is 11.5 Å². The molecule has 6 nitrogen and oxygen atoms in total. The second-order valence-corrected chi connectivity index (χ2v) is 6.29. The number of nitrogens with two attached hydrogens (primary N) is 1. The van der Waals surface area contributed by atoms with E-state index in [2.05, 4.69) is 10.2 Å². The van der Waals surface area contributed by atoms with E-state index < -0.39 is 5.54 Å². The molecule has 0 aromatic carbocycles. The Morgan fingerprint density at radius 1 is 1.20 bits per heavy atom. The molecule has 0 radical (unpaired) electrons. The minimum Gasteiger partial charge on any atom is -0.369 e. The minimum atomic E-state index is -0.512. The number of primary amides is 1. The maximum absolute atomic E-state index is 12.8. The van der Waals surface area contributed by atoms with Gasteiger partial charge in [0.2, 0.25) is 11.8 Å². The number of hydrogen-bond acceptors (Lipinski definition) is 4. The molecular formula is C14H26N4O2. The van der Waals surface area contributed by atoms with Gasteiger partial charge in [0.25, 0.3) is 0 Å². The van der Waals surface area contributed by atoms with Gasteiger partial charge in [0.1, 0.15) is 0 Å². The lowest BCUT2D eigenvalue weighted by atomic mass is 9.93. The molecule has 2 amide bonds. The average molecular weight is 282 g/mol. The normalized spacial score (nSPS) is 25.5. The zero-order valence-corrected chi connectivity index (χ0v) is 12.5. The molecular weight excluding hydrogens is 256 g/mol. The molecule has 0 bridgehead atoms. The standard InChI is InChI=1S/C14H26N4O2/c1-14(2,18-8-5-16-6-9-18)13(20)17-7-3-4-11(10-17)12(15)19/h11,16H,3-10H2,1-2H3,(H2,15,19). The molecule has 0 spiro atoms. The van der Waals surface area contributed by atoms with Crippen molar-refractivity contribution in [2.45, 2.75) is 32.2 Å². The van der Waals surface area contributed by atoms with Crippen LogP contribution in [0.4, 0.5) is 0 Å². The third kappa shape index (κ3) is 3.12. The van der Waals surface area contributed by atoms with Gasteiger partial charge < -0.3 is 16.0 Å². The maximum atomic E-state index is 12.8. The van der Waals surface area contributed by atoms with Gasteiger partial charge in [-0.1, -0.05) is 0 Å². The summed E-state index contributed by atoms with van der Waals surface area (Å²) in [4.78, 5) is 28.2. The van der Waals surface area contributed by atoms with Gasteiger partial charge in [0, 0.05) is 39.3 Å². The van der Waals surface area contributed by atoms with Crippen molar-refractivity contribution in [1.82, 2.24) is 15.1 Å². The molecule has 2 fully saturated rings. The van der Waals surface area contributed by atoms with Crippen LogP contribution < -0.4 is 11.1 Å². The number of piperidine rings is 1. The van der Waals surface area contributed by atoms with Crippen LogP contribution in [0.15, 0.2) is 0 Å². The van der Waals surface area contributed by atoms with Crippen molar-refractivity contribution >= 4 is 11.8 Å². The van der Waals surface area contributed by atoms with Gasteiger partial charge in [-0.05, 0) is 26.7 Å². The first-order valence-electron chi connectivity index (χ1n) is 7.47. The molecule has 0 saturated carbocycles. The molecule has 0 aliphatic carbocycles. The Balaban J connectivity index is 2.03. The molecule has 0 aromatic rings. The minimum absolute atomic E-state index is 0.116. The summed E-state index contributed by atoms with van der Waals surface area (Å²) in [7, 11) is 0. The summed E-state index contributed by atoms with van der Waals surface area (Å²) in [5.41, 5.74) is 4.87. The highest BCUT2D eigenvalue weighted by Crippen LogP contribution is 2.23. The SMILES string of the molecule is CC(C)(C(=O)N1CCCC(C(N)=O)C1)N1CCNCC1. The Bertz CT molecular complexity index is 377. The monoisotopic (exact) mass is 282 g/mol. The van der Waals surface area contributed by atoms with E-state index in [4.69, 9.17) is 5.73 Å². The van der Waals surface area contributed by atoms with E-state index in [0.717, 1.165) is 45.6 Å². The highest BCUT2D eigenvalue weighted by molar-refractivity contribution is 5.86. The molecule has 0 aromatic heterocycles. The predicted molar refractivity (Wildman–Crippen MR) is 77.0 cm³/mol. The van der Waals surface area contributed by atoms with Crippen LogP contribution in [0.2, 0.25) is 0 Å². The zero-order chi connectivity index (χ0) is 14.8. The van der Waals surface area contributed by atoms with E-state index in [9.17, 15) is 9.59 Å². The number of amides is 2. The molecule has 2 saturated heterocycles. The first-order valence-corrected chi connectivity index (χ1v) is 7.47. The predicted octanol–water partition coefficient (Wildman–Crippen LogP) is -0.606. The van der Waals surface area contributed by atoms with Crippen LogP contribution >= 0.6 is 0 Å². The lowest BCUT2D eigenvalue weighted by Gasteiger charge is -2.44. The van der Waals surface area contributed by atoms with Gasteiger partial charge >= 0.3 is 0 Å². The van der Waals surface area contributed by atoms with E-state index in [-0.39, 0.29) is 17.7 Å². The molecule has 2 aliphatic rings. The number of rotatable bonds is 3. The molecule has 3 N–H and O–H groups in total. The summed E-state index contributed by atoms with van der Waals surface area (Å²) in [5, 5.41) is 3.30. The van der Waals surface area contributed by atoms with Crippen LogP contribution in [0.5, 0.6) is 0 Å². The van der Waals surface area contributed by atoms with Crippen LogP contribution in [0.1, 0.15) is 26.7 Å². The zero-order valence-electron chi connectivity index (χ0n) is 12.5. The van der Waals surface area contributed by atoms with Crippen molar-refractivity contribution in [3.05, 3.63) is 0 Å². The van der Waals surface area contributed by atoms with Gasteiger partial charge in [-0.25, -0.2) is 0 Å². The Morgan fingerprint density at radius 3 is 2.45 bits per heavy atom. The number of carbonyl (C=O) groups excluding carboxylic acids is 2. The summed E-state index contributed by atoms with van der Waals surface area (Å²) >= 11 is 0. The first kappa shape index (κ1) is 15.3. The van der Waals surface area contributed by atoms with Crippen LogP contribution in [0, 0.1) is 5.92 Å². The topological polar surface area (TPSA) is 78.7 Å². The van der Waals surface area contributed by atoms with Crippen molar-refractivity contribution < 1.29 is 9.59 Å². The molecule has 20 heavy (non-hydrogen) atoms. The van der Waals surface area contributed by atoms with E-state index in [1.165, 1.54) is 0 Å². The number of piperazine rings is 1. The Morgan fingerprint density at radius 2 is 1.85 bits per heavy atom. The van der Waals surface area contributed by atoms with Gasteiger partial charge in [-0.3, -0.25) is 14.5 Å². The molecule has 1 unspecified atom stereocenters. The lowest BCUT2D eigenvalue weighted by molar-refractivity contribution is -0.146. The lowest BCUT2D eigenvalue weighted by Crippen LogP contribution is -2.61. The maximum Gasteiger partial charge on any atom is 0.242 e. The molecule has 2 rings (SSSR count). The second kappa shape index (κ2) is 6.10. The quantitative estimate of drug-likeness (QED) is 0.724. The second-order valence-electron chi connectivity index (χ2n) is 6.29. The fourth-order valence-electron chi connectivity index (χ4n) is 3.14. The largest absolute Gasteiger partial charge is 0.369 e. The van der Waals surface area contributed by atoms with Gasteiger partial charge in [-0.2, -0.15) is 0 Å². The smallest absolute Gasteiger partial charge is 0.242 e. The van der Waals surface area contributed by atoms with Gasteiger partial charge in [-0.15, -0.1) is 0 Å². The first-order chi connectivity index (χ1) is 9.43. The van der Waals surface area contributed by atoms with Crippen LogP contribution in [0.25, 0.3) is 0 Å². The van der Waals surface area contributed by atoms with Crippen LogP contribution in [-0.2, 0) is 9.59 Å². The summed E-state index contributed by atoms with van der Waals surface area (Å²) < 4.78 is 0. The molecule has 114 valence electrons. The molecule has 1 atom stereocenters. The van der Waals surface area contributed by atoms with Crippen molar-refractivity contribution in [1.29, 1.82) is 0 Å². The number of carbonyl (C=O) groups is 2. The van der Waals surface area contributed by atoms with E-state index in [1.54, 1.807) is 0 Å². The number of nitrogens with zero attached hydrogens (tertiary/aromatic N) is 2. The third-order valence-corrected chi connectivity index (χ3v) is 4.54. The Kier molecular flexibility index (Phi) is 4.65. The van der Waals surface area contributed by atoms with E-state index in [0.29, 0.717) is 6.54 Å². The van der Waals surface area contributed by atoms with Crippen molar-refractivity contribution in [3.63, 3.8) is 0 Å². The summed E-state index contributed by atoms with van der Waals surface area (Å²) in [6, 6.07) is 0. The summed E-state index contributed by atoms with van der Waals surface area (Å²) in [6.07, 6.45) is 1.66.